The number of ether oxygens (including phenoxy) is 1. The van der Waals surface area contributed by atoms with Crippen LogP contribution in [0.2, 0.25) is 0 Å². The van der Waals surface area contributed by atoms with Crippen LogP contribution in [0.1, 0.15) is 65.2 Å². The molecule has 23 heavy (non-hydrogen) atoms. The molecule has 0 unspecified atom stereocenters. The second-order valence-corrected chi connectivity index (χ2v) is 8.68. The number of Topliss-reactive ketones (excluding diaryl/α,β-unsaturated/α-hetero) is 1. The molecule has 0 aromatic rings. The number of rotatable bonds is 3. The summed E-state index contributed by atoms with van der Waals surface area (Å²) in [6.45, 7) is 3.67. The first kappa shape index (κ1) is 15.4. The summed E-state index contributed by atoms with van der Waals surface area (Å²) >= 11 is 0. The third-order valence-electron chi connectivity index (χ3n) is 7.14. The molecule has 126 valence electrons. The topological polar surface area (TPSA) is 43.4 Å². The van der Waals surface area contributed by atoms with Crippen molar-refractivity contribution < 1.29 is 14.3 Å². The van der Waals surface area contributed by atoms with Gasteiger partial charge in [-0.2, -0.15) is 0 Å². The Hall–Kier alpha value is -1.12. The van der Waals surface area contributed by atoms with E-state index in [1.165, 1.54) is 37.7 Å². The van der Waals surface area contributed by atoms with Crippen LogP contribution >= 0.6 is 0 Å². The molecule has 3 nitrogen and oxygen atoms in total. The van der Waals surface area contributed by atoms with Gasteiger partial charge >= 0.3 is 5.97 Å². The third-order valence-corrected chi connectivity index (χ3v) is 7.14. The number of carbonyl (C=O) groups is 2. The molecule has 3 heteroatoms. The fourth-order valence-electron chi connectivity index (χ4n) is 6.00. The summed E-state index contributed by atoms with van der Waals surface area (Å²) in [7, 11) is 0. The third kappa shape index (κ3) is 2.56. The molecule has 0 N–H and O–H groups in total. The van der Waals surface area contributed by atoms with Gasteiger partial charge in [0.05, 0.1) is 5.92 Å². The van der Waals surface area contributed by atoms with Crippen molar-refractivity contribution >= 4 is 11.8 Å². The number of hydrogen-bond acceptors (Lipinski definition) is 3. The average molecular weight is 316 g/mol. The Morgan fingerprint density at radius 3 is 2.17 bits per heavy atom. The lowest BCUT2D eigenvalue weighted by Gasteiger charge is -2.53. The minimum absolute atomic E-state index is 0.0124. The highest BCUT2D eigenvalue weighted by Gasteiger charge is 2.53. The Morgan fingerprint density at radius 2 is 1.70 bits per heavy atom. The molecule has 0 aromatic carbocycles. The largest absolute Gasteiger partial charge is 0.450 e. The fraction of sp³-hybridized carbons (Fsp3) is 0.800. The monoisotopic (exact) mass is 316 g/mol. The van der Waals surface area contributed by atoms with Gasteiger partial charge in [-0.25, -0.2) is 0 Å². The van der Waals surface area contributed by atoms with Crippen molar-refractivity contribution in [2.75, 3.05) is 0 Å². The SMILES string of the molecule is CC(=O)[C@@]1(OC(=O)C2C3CC4CC(C3)CC2C4)CC=C(C)CC1. The Bertz CT molecular complexity index is 533. The first-order valence-electron chi connectivity index (χ1n) is 9.36. The first-order valence-corrected chi connectivity index (χ1v) is 9.36. The molecule has 0 aliphatic heterocycles. The van der Waals surface area contributed by atoms with E-state index < -0.39 is 5.60 Å². The Kier molecular flexibility index (Phi) is 3.66. The lowest BCUT2D eigenvalue weighted by atomic mass is 9.52. The van der Waals surface area contributed by atoms with Crippen LogP contribution in [0.5, 0.6) is 0 Å². The van der Waals surface area contributed by atoms with Gasteiger partial charge in [0.1, 0.15) is 0 Å². The lowest BCUT2D eigenvalue weighted by molar-refractivity contribution is -0.182. The number of hydrogen-bond donors (Lipinski definition) is 0. The molecule has 5 aliphatic carbocycles. The minimum atomic E-state index is -0.884. The first-order chi connectivity index (χ1) is 11.0. The van der Waals surface area contributed by atoms with E-state index in [1.54, 1.807) is 6.92 Å². The molecule has 0 aromatic heterocycles. The quantitative estimate of drug-likeness (QED) is 0.582. The molecule has 0 radical (unpaired) electrons. The van der Waals surface area contributed by atoms with Crippen LogP contribution in [0, 0.1) is 29.6 Å². The van der Waals surface area contributed by atoms with E-state index in [-0.39, 0.29) is 17.7 Å². The van der Waals surface area contributed by atoms with Crippen molar-refractivity contribution in [2.24, 2.45) is 29.6 Å². The molecule has 0 heterocycles. The van der Waals surface area contributed by atoms with Crippen LogP contribution < -0.4 is 0 Å². The number of carbonyl (C=O) groups excluding carboxylic acids is 2. The van der Waals surface area contributed by atoms with Gasteiger partial charge in [0, 0.05) is 6.42 Å². The second kappa shape index (κ2) is 5.46. The minimum Gasteiger partial charge on any atom is -0.450 e. The van der Waals surface area contributed by atoms with Gasteiger partial charge in [-0.15, -0.1) is 0 Å². The maximum atomic E-state index is 13.0. The normalized spacial score (nSPS) is 44.8. The summed E-state index contributed by atoms with van der Waals surface area (Å²) in [4.78, 5) is 25.2. The van der Waals surface area contributed by atoms with E-state index in [4.69, 9.17) is 4.74 Å². The van der Waals surface area contributed by atoms with Gasteiger partial charge in [0.15, 0.2) is 11.4 Å². The molecule has 4 saturated carbocycles. The maximum Gasteiger partial charge on any atom is 0.310 e. The van der Waals surface area contributed by atoms with E-state index in [0.717, 1.165) is 18.3 Å². The molecule has 0 saturated heterocycles. The van der Waals surface area contributed by atoms with Gasteiger partial charge in [-0.1, -0.05) is 11.6 Å². The summed E-state index contributed by atoms with van der Waals surface area (Å²) in [5.41, 5.74) is 0.415. The second-order valence-electron chi connectivity index (χ2n) is 8.68. The molecule has 4 bridgehead atoms. The summed E-state index contributed by atoms with van der Waals surface area (Å²) in [5, 5.41) is 0. The molecular weight excluding hydrogens is 288 g/mol. The van der Waals surface area contributed by atoms with E-state index in [1.807, 2.05) is 0 Å². The molecule has 1 atom stereocenters. The van der Waals surface area contributed by atoms with E-state index in [9.17, 15) is 9.59 Å². The standard InChI is InChI=1S/C20H28O3/c1-12-3-5-20(6-4-12,13(2)21)23-19(22)18-16-8-14-7-15(10-16)11-17(18)9-14/h3,14-18H,4-11H2,1-2H3/t14?,15?,16?,17?,18?,20-/m1/s1. The zero-order valence-electron chi connectivity index (χ0n) is 14.3. The number of ketones is 1. The Labute approximate surface area is 138 Å². The zero-order valence-corrected chi connectivity index (χ0v) is 14.3. The van der Waals surface area contributed by atoms with E-state index in [0.29, 0.717) is 24.7 Å². The van der Waals surface area contributed by atoms with Crippen LogP contribution in [0.3, 0.4) is 0 Å². The molecule has 0 amide bonds. The number of allylic oxidation sites excluding steroid dienone is 1. The van der Waals surface area contributed by atoms with Crippen LogP contribution in [0.15, 0.2) is 11.6 Å². The highest BCUT2D eigenvalue weighted by atomic mass is 16.6. The molecular formula is C20H28O3. The number of esters is 1. The molecule has 4 fully saturated rings. The van der Waals surface area contributed by atoms with Gasteiger partial charge in [-0.05, 0) is 82.5 Å². The Morgan fingerprint density at radius 1 is 1.09 bits per heavy atom. The van der Waals surface area contributed by atoms with Crippen molar-refractivity contribution in [2.45, 2.75) is 70.8 Å². The predicted octanol–water partition coefficient (Wildman–Crippen LogP) is 4.06. The highest BCUT2D eigenvalue weighted by molar-refractivity contribution is 5.88. The molecule has 0 spiro atoms. The average Bonchev–Trinajstić information content (AvgIpc) is 2.48. The van der Waals surface area contributed by atoms with Crippen molar-refractivity contribution in [3.63, 3.8) is 0 Å². The summed E-state index contributed by atoms with van der Waals surface area (Å²) in [6.07, 6.45) is 10.4. The zero-order chi connectivity index (χ0) is 16.2. The molecule has 5 aliphatic rings. The van der Waals surface area contributed by atoms with Crippen LogP contribution in [-0.2, 0) is 14.3 Å². The predicted molar refractivity (Wildman–Crippen MR) is 87.6 cm³/mol. The lowest BCUT2D eigenvalue weighted by Crippen LogP contribution is -2.51. The van der Waals surface area contributed by atoms with Crippen molar-refractivity contribution in [3.05, 3.63) is 11.6 Å². The van der Waals surface area contributed by atoms with E-state index in [2.05, 4.69) is 13.0 Å². The maximum absolute atomic E-state index is 13.0. The fourth-order valence-corrected chi connectivity index (χ4v) is 6.00. The summed E-state index contributed by atoms with van der Waals surface area (Å²) in [6, 6.07) is 0. The van der Waals surface area contributed by atoms with Gasteiger partial charge in [-0.3, -0.25) is 9.59 Å². The van der Waals surface area contributed by atoms with Crippen molar-refractivity contribution in [1.82, 2.24) is 0 Å². The smallest absolute Gasteiger partial charge is 0.310 e. The van der Waals surface area contributed by atoms with Crippen LogP contribution in [-0.4, -0.2) is 17.4 Å². The van der Waals surface area contributed by atoms with Crippen molar-refractivity contribution in [1.29, 1.82) is 0 Å². The van der Waals surface area contributed by atoms with Gasteiger partial charge in [0.2, 0.25) is 0 Å². The van der Waals surface area contributed by atoms with Gasteiger partial charge in [0.25, 0.3) is 0 Å². The van der Waals surface area contributed by atoms with Crippen LogP contribution in [0.4, 0.5) is 0 Å². The molecule has 5 rings (SSSR count). The van der Waals surface area contributed by atoms with E-state index >= 15 is 0 Å². The summed E-state index contributed by atoms with van der Waals surface area (Å²) in [5.74, 6) is 2.74. The van der Waals surface area contributed by atoms with Crippen LogP contribution in [0.25, 0.3) is 0 Å². The van der Waals surface area contributed by atoms with Crippen molar-refractivity contribution in [3.8, 4) is 0 Å². The highest BCUT2D eigenvalue weighted by Crippen LogP contribution is 2.57. The Balaban J connectivity index is 1.52. The summed E-state index contributed by atoms with van der Waals surface area (Å²) < 4.78 is 5.98. The van der Waals surface area contributed by atoms with Gasteiger partial charge < -0.3 is 4.74 Å².